The van der Waals surface area contributed by atoms with Crippen LogP contribution in [0.3, 0.4) is 0 Å². The van der Waals surface area contributed by atoms with Crippen LogP contribution in [-0.2, 0) is 29.6 Å². The number of phenols is 2. The van der Waals surface area contributed by atoms with Crippen molar-refractivity contribution in [1.29, 1.82) is 0 Å². The Balaban J connectivity index is 1.41. The summed E-state index contributed by atoms with van der Waals surface area (Å²) in [7, 11) is -9.14. The Morgan fingerprint density at radius 1 is 0.653 bits per heavy atom. The fourth-order valence-electron chi connectivity index (χ4n) is 5.05. The molecule has 0 saturated carbocycles. The Kier molecular flexibility index (Phi) is 8.92. The van der Waals surface area contributed by atoms with Gasteiger partial charge in [-0.25, -0.2) is 5.26 Å². The second-order valence-corrected chi connectivity index (χ2v) is 13.8. The molecule has 0 fully saturated rings. The summed E-state index contributed by atoms with van der Waals surface area (Å²) in [5.74, 6) is -0.610. The van der Waals surface area contributed by atoms with Crippen LogP contribution < -0.4 is 5.73 Å². The van der Waals surface area contributed by atoms with Gasteiger partial charge in [0.2, 0.25) is 0 Å². The van der Waals surface area contributed by atoms with Crippen LogP contribution in [-0.4, -0.2) is 41.4 Å². The zero-order chi connectivity index (χ0) is 35.1. The standard InChI is InChI=1S/C30H21N5O11S3/c31-23-14-21-16(12-28(23)49(42,43)44)11-26(47-46-45-38)29(30(21)37)35-34-25-9-8-24(20-7-5-18(36)13-22(20)25)33-32-17-4-6-19-15(10-17)2-1-3-27(19)48(39,40)41/h1-14,36-38H,31H2,(H,39,40,41)(H,42,43,44). The number of fused-ring (bicyclic) bond motifs is 3. The molecule has 6 aromatic rings. The molecule has 0 aromatic heterocycles. The van der Waals surface area contributed by atoms with Crippen molar-refractivity contribution < 1.29 is 50.8 Å². The number of nitrogens with two attached hydrogens (primary N) is 1. The maximum Gasteiger partial charge on any atom is 0.296 e. The number of aromatic hydroxyl groups is 2. The summed E-state index contributed by atoms with van der Waals surface area (Å²) in [6.07, 6.45) is 0. The van der Waals surface area contributed by atoms with E-state index >= 15 is 0 Å². The van der Waals surface area contributed by atoms with Gasteiger partial charge >= 0.3 is 0 Å². The molecule has 250 valence electrons. The number of anilines is 1. The lowest BCUT2D eigenvalue weighted by Gasteiger charge is -2.11. The molecule has 19 heteroatoms. The SMILES string of the molecule is Nc1cc2c(O)c(N=Nc3ccc(N=Nc4ccc5c(S(=O)(=O)O)cccc5c4)c4ccc(O)cc34)c(SOOO)cc2cc1S(=O)(=O)O. The lowest BCUT2D eigenvalue weighted by Crippen LogP contribution is -2.03. The summed E-state index contributed by atoms with van der Waals surface area (Å²) in [6.45, 7) is 0. The fourth-order valence-corrected chi connectivity index (χ4v) is 6.89. The molecule has 7 N–H and O–H groups in total. The largest absolute Gasteiger partial charge is 0.508 e. The maximum absolute atomic E-state index is 11.8. The molecular weight excluding hydrogens is 703 g/mol. The van der Waals surface area contributed by atoms with E-state index < -0.39 is 30.9 Å². The van der Waals surface area contributed by atoms with Crippen LogP contribution in [0, 0.1) is 0 Å². The quantitative estimate of drug-likeness (QED) is 0.0207. The van der Waals surface area contributed by atoms with Gasteiger partial charge in [0.05, 0.1) is 39.7 Å². The molecule has 0 radical (unpaired) electrons. The van der Waals surface area contributed by atoms with E-state index in [1.165, 1.54) is 48.5 Å². The molecule has 0 atom stereocenters. The van der Waals surface area contributed by atoms with Crippen LogP contribution in [0.15, 0.2) is 120 Å². The lowest BCUT2D eigenvalue weighted by atomic mass is 10.1. The Hall–Kier alpha value is -5.25. The minimum Gasteiger partial charge on any atom is -0.508 e. The summed E-state index contributed by atoms with van der Waals surface area (Å²) in [5, 5.41) is 52.6. The highest BCUT2D eigenvalue weighted by atomic mass is 32.2. The highest BCUT2D eigenvalue weighted by Crippen LogP contribution is 2.46. The summed E-state index contributed by atoms with van der Waals surface area (Å²) in [4.78, 5) is -0.832. The first kappa shape index (κ1) is 33.6. The molecular formula is C30H21N5O11S3. The van der Waals surface area contributed by atoms with Gasteiger partial charge in [-0.1, -0.05) is 23.2 Å². The first-order valence-corrected chi connectivity index (χ1v) is 17.2. The molecule has 0 aliphatic rings. The number of hydrogen-bond donors (Lipinski definition) is 6. The van der Waals surface area contributed by atoms with Gasteiger partial charge in [-0.3, -0.25) is 9.11 Å². The summed E-state index contributed by atoms with van der Waals surface area (Å²) in [5.41, 5.74) is 6.23. The average Bonchev–Trinajstić information content (AvgIpc) is 3.05. The fraction of sp³-hybridized carbons (Fsp3) is 0. The van der Waals surface area contributed by atoms with E-state index in [1.54, 1.807) is 24.3 Å². The molecule has 6 rings (SSSR count). The van der Waals surface area contributed by atoms with Crippen molar-refractivity contribution in [3.63, 3.8) is 0 Å². The Labute approximate surface area is 280 Å². The highest BCUT2D eigenvalue weighted by molar-refractivity contribution is 7.94. The second kappa shape index (κ2) is 13.0. The third-order valence-electron chi connectivity index (χ3n) is 7.20. The minimum absolute atomic E-state index is 0.00512. The Morgan fingerprint density at radius 3 is 2.06 bits per heavy atom. The van der Waals surface area contributed by atoms with E-state index in [0.717, 1.165) is 12.1 Å². The van der Waals surface area contributed by atoms with E-state index in [0.29, 0.717) is 45.0 Å². The number of rotatable bonds is 9. The van der Waals surface area contributed by atoms with Crippen molar-refractivity contribution in [1.82, 2.24) is 0 Å². The van der Waals surface area contributed by atoms with Gasteiger partial charge < -0.3 is 15.9 Å². The molecule has 0 saturated heterocycles. The molecule has 0 spiro atoms. The molecule has 6 aromatic carbocycles. The van der Waals surface area contributed by atoms with E-state index in [4.69, 9.17) is 11.0 Å². The predicted octanol–water partition coefficient (Wildman–Crippen LogP) is 7.89. The van der Waals surface area contributed by atoms with Crippen LogP contribution in [0.25, 0.3) is 32.3 Å². The first-order valence-electron chi connectivity index (χ1n) is 13.6. The van der Waals surface area contributed by atoms with Gasteiger partial charge in [-0.2, -0.15) is 21.9 Å². The van der Waals surface area contributed by atoms with Gasteiger partial charge in [0.15, 0.2) is 5.75 Å². The van der Waals surface area contributed by atoms with Crippen molar-refractivity contribution in [2.75, 3.05) is 5.73 Å². The van der Waals surface area contributed by atoms with Crippen LogP contribution >= 0.6 is 12.0 Å². The zero-order valence-corrected chi connectivity index (χ0v) is 26.8. The van der Waals surface area contributed by atoms with Gasteiger partial charge in [0, 0.05) is 21.5 Å². The summed E-state index contributed by atoms with van der Waals surface area (Å²) >= 11 is 0.405. The molecule has 0 unspecified atom stereocenters. The Bertz CT molecular complexity index is 2600. The number of benzene rings is 6. The predicted molar refractivity (Wildman–Crippen MR) is 178 cm³/mol. The van der Waals surface area contributed by atoms with Crippen molar-refractivity contribution in [3.8, 4) is 11.5 Å². The van der Waals surface area contributed by atoms with Crippen molar-refractivity contribution in [2.24, 2.45) is 20.5 Å². The van der Waals surface area contributed by atoms with Gasteiger partial charge in [-0.15, -0.1) is 19.7 Å². The number of nitrogens with zero attached hydrogens (tertiary/aromatic N) is 4. The van der Waals surface area contributed by atoms with Gasteiger partial charge in [0.25, 0.3) is 20.2 Å². The van der Waals surface area contributed by atoms with Crippen LogP contribution in [0.4, 0.5) is 28.4 Å². The third-order valence-corrected chi connectivity index (χ3v) is 9.64. The van der Waals surface area contributed by atoms with E-state index in [2.05, 4.69) is 29.8 Å². The van der Waals surface area contributed by atoms with Crippen molar-refractivity contribution in [2.45, 2.75) is 14.7 Å². The minimum atomic E-state index is -4.70. The number of phenolic OH excluding ortho intramolecular Hbond substituents is 2. The molecule has 0 aliphatic carbocycles. The van der Waals surface area contributed by atoms with Gasteiger partial charge in [0.1, 0.15) is 21.2 Å². The van der Waals surface area contributed by atoms with Crippen molar-refractivity contribution >= 4 is 93.0 Å². The molecule has 0 bridgehead atoms. The first-order chi connectivity index (χ1) is 23.2. The average molecular weight is 724 g/mol. The third kappa shape index (κ3) is 6.86. The number of hydrogen-bond acceptors (Lipinski definition) is 15. The molecule has 0 heterocycles. The molecule has 16 nitrogen and oxygen atoms in total. The van der Waals surface area contributed by atoms with Crippen LogP contribution in [0.5, 0.6) is 11.5 Å². The summed E-state index contributed by atoms with van der Waals surface area (Å²) < 4.78 is 70.6. The molecule has 0 amide bonds. The van der Waals surface area contributed by atoms with Crippen LogP contribution in [0.2, 0.25) is 0 Å². The van der Waals surface area contributed by atoms with E-state index in [-0.39, 0.29) is 43.4 Å². The molecule has 0 aliphatic heterocycles. The maximum atomic E-state index is 11.8. The highest BCUT2D eigenvalue weighted by Gasteiger charge is 2.21. The smallest absolute Gasteiger partial charge is 0.296 e. The van der Waals surface area contributed by atoms with Crippen LogP contribution in [0.1, 0.15) is 0 Å². The topological polar surface area (TPSA) is 263 Å². The lowest BCUT2D eigenvalue weighted by molar-refractivity contribution is -0.432. The monoisotopic (exact) mass is 723 g/mol. The Morgan fingerprint density at radius 2 is 1.35 bits per heavy atom. The zero-order valence-electron chi connectivity index (χ0n) is 24.4. The number of nitrogen functional groups attached to an aromatic ring is 1. The van der Waals surface area contributed by atoms with E-state index in [9.17, 15) is 36.2 Å². The summed E-state index contributed by atoms with van der Waals surface area (Å²) in [6, 6.07) is 20.1. The van der Waals surface area contributed by atoms with E-state index in [1.807, 2.05) is 0 Å². The second-order valence-electron chi connectivity index (χ2n) is 10.3. The number of azo groups is 2. The van der Waals surface area contributed by atoms with Crippen molar-refractivity contribution in [3.05, 3.63) is 84.9 Å². The molecule has 49 heavy (non-hydrogen) atoms. The normalized spacial score (nSPS) is 12.6. The van der Waals surface area contributed by atoms with Gasteiger partial charge in [-0.05, 0) is 77.5 Å².